The monoisotopic (exact) mass is 523 g/mol. The number of nitrogens with zero attached hydrogens (tertiary/aromatic N) is 3. The quantitative estimate of drug-likeness (QED) is 0.312. The lowest BCUT2D eigenvalue weighted by Gasteiger charge is -2.54. The van der Waals surface area contributed by atoms with Crippen LogP contribution in [0.5, 0.6) is 5.75 Å². The van der Waals surface area contributed by atoms with E-state index < -0.39 is 0 Å². The predicted molar refractivity (Wildman–Crippen MR) is 152 cm³/mol. The van der Waals surface area contributed by atoms with Gasteiger partial charge in [0.1, 0.15) is 11.6 Å². The van der Waals surface area contributed by atoms with Gasteiger partial charge in [0.15, 0.2) is 0 Å². The Bertz CT molecular complexity index is 1460. The third kappa shape index (κ3) is 5.03. The van der Waals surface area contributed by atoms with E-state index in [1.54, 1.807) is 25.6 Å². The molecule has 2 aliphatic rings. The highest BCUT2D eigenvalue weighted by Crippen LogP contribution is 2.56. The molecule has 4 aromatic rings. The predicted octanol–water partition coefficient (Wildman–Crippen LogP) is 5.96. The Morgan fingerprint density at radius 3 is 2.64 bits per heavy atom. The standard InChI is InChI=1S/C32H37N5O2/c1-21-16-32(17-21)10-14-37(20-26-25-9-13-35-30(25)22(2)15-28(26)39-3)27(18-32)23-5-7-24(8-6-23)31(38)36-19-29-33-11-4-12-34-29/h4-9,11-13,15,21,27,35H,10,14,16-20H2,1-3H3,(H,36,38)/t21?,27-,32?/m0/s1. The van der Waals surface area contributed by atoms with Gasteiger partial charge < -0.3 is 15.0 Å². The number of likely N-dealkylation sites (tertiary alicyclic amines) is 1. The van der Waals surface area contributed by atoms with Gasteiger partial charge in [0.05, 0.1) is 13.7 Å². The van der Waals surface area contributed by atoms with Crippen LogP contribution >= 0.6 is 0 Å². The smallest absolute Gasteiger partial charge is 0.251 e. The molecule has 1 aliphatic heterocycles. The molecule has 7 heteroatoms. The van der Waals surface area contributed by atoms with Crippen molar-refractivity contribution < 1.29 is 9.53 Å². The summed E-state index contributed by atoms with van der Waals surface area (Å²) in [5.74, 6) is 2.25. The summed E-state index contributed by atoms with van der Waals surface area (Å²) < 4.78 is 5.88. The second kappa shape index (κ2) is 10.5. The molecular weight excluding hydrogens is 486 g/mol. The van der Waals surface area contributed by atoms with Crippen molar-refractivity contribution in [3.8, 4) is 5.75 Å². The van der Waals surface area contributed by atoms with Crippen LogP contribution in [0, 0.1) is 18.3 Å². The van der Waals surface area contributed by atoms with E-state index in [9.17, 15) is 4.79 Å². The van der Waals surface area contributed by atoms with Crippen molar-refractivity contribution in [2.45, 2.75) is 58.7 Å². The molecular formula is C32H37N5O2. The topological polar surface area (TPSA) is 83.1 Å². The van der Waals surface area contributed by atoms with E-state index in [1.165, 1.54) is 46.9 Å². The van der Waals surface area contributed by atoms with Gasteiger partial charge in [-0.1, -0.05) is 19.1 Å². The van der Waals surface area contributed by atoms with Crippen LogP contribution < -0.4 is 10.1 Å². The summed E-state index contributed by atoms with van der Waals surface area (Å²) in [4.78, 5) is 27.2. The average molecular weight is 524 g/mol. The zero-order chi connectivity index (χ0) is 27.0. The van der Waals surface area contributed by atoms with Crippen LogP contribution in [0.1, 0.15) is 71.5 Å². The zero-order valence-corrected chi connectivity index (χ0v) is 23.0. The van der Waals surface area contributed by atoms with Crippen molar-refractivity contribution in [3.63, 3.8) is 0 Å². The number of aromatic nitrogens is 3. The van der Waals surface area contributed by atoms with E-state index in [0.717, 1.165) is 31.2 Å². The van der Waals surface area contributed by atoms with Crippen molar-refractivity contribution in [1.82, 2.24) is 25.2 Å². The minimum absolute atomic E-state index is 0.113. The van der Waals surface area contributed by atoms with Crippen LogP contribution in [0.2, 0.25) is 0 Å². The fraction of sp³-hybridized carbons (Fsp3) is 0.406. The summed E-state index contributed by atoms with van der Waals surface area (Å²) in [7, 11) is 1.77. The Kier molecular flexibility index (Phi) is 6.85. The number of amides is 1. The SMILES string of the molecule is COc1cc(C)c2[nH]ccc2c1CN1CCC2(CC(C)C2)C[C@H]1c1ccc(C(=O)NCc2ncccn2)cc1. The van der Waals surface area contributed by atoms with Crippen LogP contribution in [-0.2, 0) is 13.1 Å². The maximum Gasteiger partial charge on any atom is 0.251 e. The number of methoxy groups -OCH3 is 1. The summed E-state index contributed by atoms with van der Waals surface area (Å²) >= 11 is 0. The normalized spacial score (nSPS) is 23.1. The number of ether oxygens (including phenoxy) is 1. The molecule has 1 atom stereocenters. The van der Waals surface area contributed by atoms with Gasteiger partial charge in [-0.15, -0.1) is 0 Å². The number of carbonyl (C=O) groups is 1. The van der Waals surface area contributed by atoms with Gasteiger partial charge >= 0.3 is 0 Å². The number of fused-ring (bicyclic) bond motifs is 1. The van der Waals surface area contributed by atoms with E-state index in [2.05, 4.69) is 63.3 Å². The Morgan fingerprint density at radius 1 is 1.15 bits per heavy atom. The molecule has 1 spiro atoms. The number of aromatic amines is 1. The number of aryl methyl sites for hydroxylation is 1. The van der Waals surface area contributed by atoms with Crippen molar-refractivity contribution in [3.05, 3.63) is 89.1 Å². The van der Waals surface area contributed by atoms with Gasteiger partial charge in [-0.05, 0) is 91.9 Å². The fourth-order valence-electron chi connectivity index (χ4n) is 7.01. The van der Waals surface area contributed by atoms with Gasteiger partial charge in [-0.3, -0.25) is 9.69 Å². The molecule has 2 aromatic heterocycles. The Morgan fingerprint density at radius 2 is 1.92 bits per heavy atom. The van der Waals surface area contributed by atoms with Crippen LogP contribution in [0.3, 0.4) is 0 Å². The number of carbonyl (C=O) groups excluding carboxylic acids is 1. The molecule has 1 saturated heterocycles. The maximum absolute atomic E-state index is 12.8. The summed E-state index contributed by atoms with van der Waals surface area (Å²) in [6, 6.07) is 14.6. The Labute approximate surface area is 230 Å². The van der Waals surface area contributed by atoms with Crippen LogP contribution in [0.25, 0.3) is 10.9 Å². The molecule has 6 rings (SSSR count). The highest BCUT2D eigenvalue weighted by atomic mass is 16.5. The van der Waals surface area contributed by atoms with E-state index >= 15 is 0 Å². The highest BCUT2D eigenvalue weighted by molar-refractivity contribution is 5.94. The van der Waals surface area contributed by atoms with Gasteiger partial charge in [-0.25, -0.2) is 9.97 Å². The zero-order valence-electron chi connectivity index (χ0n) is 23.0. The van der Waals surface area contributed by atoms with Gasteiger partial charge in [0.25, 0.3) is 5.91 Å². The van der Waals surface area contributed by atoms with Crippen molar-refractivity contribution in [2.24, 2.45) is 11.3 Å². The van der Waals surface area contributed by atoms with E-state index in [1.807, 2.05) is 18.3 Å². The number of piperidine rings is 1. The molecule has 39 heavy (non-hydrogen) atoms. The number of hydrogen-bond acceptors (Lipinski definition) is 5. The molecule has 1 aliphatic carbocycles. The highest BCUT2D eigenvalue weighted by Gasteiger charge is 2.47. The third-order valence-corrected chi connectivity index (χ3v) is 8.84. The number of rotatable bonds is 7. The minimum atomic E-state index is -0.113. The molecule has 1 amide bonds. The number of benzene rings is 2. The summed E-state index contributed by atoms with van der Waals surface area (Å²) in [6.07, 6.45) is 10.4. The molecule has 3 heterocycles. The van der Waals surface area contributed by atoms with E-state index in [0.29, 0.717) is 29.4 Å². The molecule has 2 N–H and O–H groups in total. The number of H-pyrrole nitrogens is 1. The first-order valence-electron chi connectivity index (χ1n) is 14.0. The number of nitrogens with one attached hydrogen (secondary N) is 2. The average Bonchev–Trinajstić information content (AvgIpc) is 3.45. The van der Waals surface area contributed by atoms with Gasteiger partial charge in [0.2, 0.25) is 0 Å². The van der Waals surface area contributed by atoms with Crippen LogP contribution in [-0.4, -0.2) is 39.4 Å². The van der Waals surface area contributed by atoms with Gasteiger partial charge in [-0.2, -0.15) is 0 Å². The fourth-order valence-corrected chi connectivity index (χ4v) is 7.01. The maximum atomic E-state index is 12.8. The first-order chi connectivity index (χ1) is 18.9. The Hall–Kier alpha value is -3.71. The first kappa shape index (κ1) is 25.6. The molecule has 0 unspecified atom stereocenters. The van der Waals surface area contributed by atoms with Crippen molar-refractivity contribution in [1.29, 1.82) is 0 Å². The minimum Gasteiger partial charge on any atom is -0.496 e. The lowest BCUT2D eigenvalue weighted by molar-refractivity contribution is -0.0397. The summed E-state index contributed by atoms with van der Waals surface area (Å²) in [5, 5.41) is 4.17. The Balaban J connectivity index is 1.25. The second-order valence-corrected chi connectivity index (χ2v) is 11.6. The van der Waals surface area contributed by atoms with E-state index in [-0.39, 0.29) is 5.91 Å². The summed E-state index contributed by atoms with van der Waals surface area (Å²) in [5.41, 5.74) is 5.97. The van der Waals surface area contributed by atoms with Crippen LogP contribution in [0.15, 0.2) is 61.1 Å². The first-order valence-corrected chi connectivity index (χ1v) is 14.0. The molecule has 7 nitrogen and oxygen atoms in total. The molecule has 1 saturated carbocycles. The van der Waals surface area contributed by atoms with Gasteiger partial charge in [0, 0.05) is 53.2 Å². The summed E-state index contributed by atoms with van der Waals surface area (Å²) in [6.45, 7) is 6.69. The van der Waals surface area contributed by atoms with E-state index in [4.69, 9.17) is 4.74 Å². The van der Waals surface area contributed by atoms with Crippen LogP contribution in [0.4, 0.5) is 0 Å². The lowest BCUT2D eigenvalue weighted by atomic mass is 9.56. The molecule has 202 valence electrons. The largest absolute Gasteiger partial charge is 0.496 e. The molecule has 2 fully saturated rings. The number of hydrogen-bond donors (Lipinski definition) is 2. The lowest BCUT2D eigenvalue weighted by Crippen LogP contribution is -2.47. The van der Waals surface area contributed by atoms with Crippen molar-refractivity contribution >= 4 is 16.8 Å². The molecule has 2 aromatic carbocycles. The van der Waals surface area contributed by atoms with Crippen molar-refractivity contribution in [2.75, 3.05) is 13.7 Å². The second-order valence-electron chi connectivity index (χ2n) is 11.6. The third-order valence-electron chi connectivity index (χ3n) is 8.84. The molecule has 0 radical (unpaired) electrons. The molecule has 0 bridgehead atoms.